The van der Waals surface area contributed by atoms with E-state index < -0.39 is 4.65 Å². The number of carbonyl (C=O) groups is 1. The highest BCUT2D eigenvalue weighted by molar-refractivity contribution is 9.10. The molecule has 1 atom stereocenters. The number of fused-ring (bicyclic) bond motifs is 2. The molecule has 0 radical (unpaired) electrons. The Morgan fingerprint density at radius 1 is 1.06 bits per heavy atom. The van der Waals surface area contributed by atoms with Gasteiger partial charge in [-0.05, 0) is 95.1 Å². The average molecular weight is 583 g/mol. The molecular formula is C27H25Br2N3O2. The summed E-state index contributed by atoms with van der Waals surface area (Å²) in [6.07, 6.45) is 9.06. The third-order valence-electron chi connectivity index (χ3n) is 6.77. The number of aryl methyl sites for hydroxylation is 3. The number of amides is 1. The molecule has 0 saturated carbocycles. The lowest BCUT2D eigenvalue weighted by atomic mass is 9.90. The lowest BCUT2D eigenvalue weighted by molar-refractivity contribution is -0.770. The van der Waals surface area contributed by atoms with Crippen LogP contribution in [0.3, 0.4) is 0 Å². The van der Waals surface area contributed by atoms with E-state index in [1.807, 2.05) is 0 Å². The fourth-order valence-corrected chi connectivity index (χ4v) is 6.38. The van der Waals surface area contributed by atoms with Gasteiger partial charge in [-0.2, -0.15) is 0 Å². The van der Waals surface area contributed by atoms with Gasteiger partial charge in [-0.3, -0.25) is 14.6 Å². The number of hydrogen-bond acceptors (Lipinski definition) is 4. The van der Waals surface area contributed by atoms with Crippen molar-refractivity contribution in [1.82, 2.24) is 9.97 Å². The number of nitrogens with zero attached hydrogens (tertiary/aromatic N) is 3. The number of rotatable bonds is 2. The molecule has 34 heavy (non-hydrogen) atoms. The third-order valence-corrected chi connectivity index (χ3v) is 7.83. The monoisotopic (exact) mass is 581 g/mol. The molecule has 1 amide bonds. The number of hydrogen-bond donors (Lipinski definition) is 0. The van der Waals surface area contributed by atoms with Gasteiger partial charge in [0.1, 0.15) is 5.70 Å². The molecular weight excluding hydrogens is 558 g/mol. The molecule has 1 fully saturated rings. The minimum Gasteiger partial charge on any atom is -0.620 e. The first kappa shape index (κ1) is 23.5. The molecule has 2 aliphatic rings. The van der Waals surface area contributed by atoms with E-state index in [1.54, 1.807) is 30.7 Å². The van der Waals surface area contributed by atoms with Crippen LogP contribution in [0, 0.1) is 12.1 Å². The van der Waals surface area contributed by atoms with E-state index in [9.17, 15) is 10.0 Å². The van der Waals surface area contributed by atoms with Crippen LogP contribution in [0.1, 0.15) is 52.8 Å². The predicted octanol–water partition coefficient (Wildman–Crippen LogP) is 6.44. The number of hydroxylamine groups is 3. The number of piperidine rings is 1. The molecule has 0 N–H and O–H groups in total. The van der Waals surface area contributed by atoms with Crippen LogP contribution in [0.25, 0.3) is 5.57 Å². The van der Waals surface area contributed by atoms with Crippen molar-refractivity contribution in [2.24, 2.45) is 0 Å². The number of carbonyl (C=O) groups excluding carboxylic acids is 1. The van der Waals surface area contributed by atoms with Crippen LogP contribution in [0.4, 0.5) is 0 Å². The number of pyridine rings is 2. The molecule has 1 saturated heterocycles. The zero-order valence-corrected chi connectivity index (χ0v) is 22.2. The first-order chi connectivity index (χ1) is 16.4. The summed E-state index contributed by atoms with van der Waals surface area (Å²) < 4.78 is 0.938. The van der Waals surface area contributed by atoms with Crippen LogP contribution in [0.5, 0.6) is 0 Å². The maximum Gasteiger partial charge on any atom is 0.322 e. The van der Waals surface area contributed by atoms with E-state index in [2.05, 4.69) is 62.0 Å². The van der Waals surface area contributed by atoms with Gasteiger partial charge in [0.2, 0.25) is 0 Å². The smallest absolute Gasteiger partial charge is 0.322 e. The number of likely N-dealkylation sites (tertiary alicyclic amines) is 1. The molecule has 2 aromatic heterocycles. The van der Waals surface area contributed by atoms with Crippen molar-refractivity contribution in [2.75, 3.05) is 6.54 Å². The molecule has 5 rings (SSSR count). The van der Waals surface area contributed by atoms with E-state index in [4.69, 9.17) is 4.98 Å². The fourth-order valence-electron chi connectivity index (χ4n) is 5.18. The second-order valence-electron chi connectivity index (χ2n) is 9.11. The van der Waals surface area contributed by atoms with E-state index in [0.717, 1.165) is 68.1 Å². The highest BCUT2D eigenvalue weighted by Crippen LogP contribution is 2.44. The van der Waals surface area contributed by atoms with Crippen LogP contribution in [0.2, 0.25) is 0 Å². The molecule has 1 unspecified atom stereocenters. The molecule has 0 bridgehead atoms. The molecule has 7 heteroatoms. The van der Waals surface area contributed by atoms with Crippen LogP contribution in [-0.4, -0.2) is 27.1 Å². The van der Waals surface area contributed by atoms with E-state index in [-0.39, 0.29) is 18.9 Å². The lowest BCUT2D eigenvalue weighted by Gasteiger charge is -2.45. The Bertz CT molecular complexity index is 1310. The van der Waals surface area contributed by atoms with Gasteiger partial charge in [0.15, 0.2) is 0 Å². The first-order valence-corrected chi connectivity index (χ1v) is 13.1. The minimum atomic E-state index is -0.922. The van der Waals surface area contributed by atoms with Gasteiger partial charge in [-0.1, -0.05) is 22.0 Å². The number of halogens is 2. The summed E-state index contributed by atoms with van der Waals surface area (Å²) in [4.78, 5) is 22.5. The Balaban J connectivity index is 1.76. The second kappa shape index (κ2) is 9.46. The van der Waals surface area contributed by atoms with Gasteiger partial charge in [0, 0.05) is 39.5 Å². The van der Waals surface area contributed by atoms with E-state index in [1.165, 1.54) is 5.56 Å². The van der Waals surface area contributed by atoms with Crippen molar-refractivity contribution in [2.45, 2.75) is 45.4 Å². The number of quaternary nitrogens is 1. The molecule has 1 aliphatic heterocycles. The van der Waals surface area contributed by atoms with Crippen LogP contribution in [0.15, 0.2) is 63.6 Å². The van der Waals surface area contributed by atoms with Crippen molar-refractivity contribution >= 4 is 43.3 Å². The van der Waals surface area contributed by atoms with E-state index in [0.29, 0.717) is 12.1 Å². The second-order valence-corrected chi connectivity index (χ2v) is 10.9. The molecule has 3 aromatic rings. The van der Waals surface area contributed by atoms with Crippen molar-refractivity contribution < 1.29 is 9.44 Å². The predicted molar refractivity (Wildman–Crippen MR) is 140 cm³/mol. The largest absolute Gasteiger partial charge is 0.620 e. The highest BCUT2D eigenvalue weighted by atomic mass is 79.9. The molecule has 1 aliphatic carbocycles. The molecule has 174 valence electrons. The van der Waals surface area contributed by atoms with E-state index >= 15 is 0 Å². The molecule has 3 heterocycles. The first-order valence-electron chi connectivity index (χ1n) is 11.6. The van der Waals surface area contributed by atoms with Crippen molar-refractivity contribution in [3.63, 3.8) is 0 Å². The summed E-state index contributed by atoms with van der Waals surface area (Å²) in [6, 6.07) is 9.98. The fraction of sp³-hybridized carbons (Fsp3) is 0.296. The summed E-state index contributed by atoms with van der Waals surface area (Å²) >= 11 is 7.36. The van der Waals surface area contributed by atoms with Gasteiger partial charge in [-0.15, -0.1) is 0 Å². The molecule has 1 aromatic carbocycles. The summed E-state index contributed by atoms with van der Waals surface area (Å²) in [5.74, 6) is -0.332. The van der Waals surface area contributed by atoms with Crippen LogP contribution >= 0.6 is 31.9 Å². The standard InChI is InChI=1S/C27H25Br2N3O2/c1-17-12-19-5-6-20-15-21(28)16-31-27(20)26(25(19)22(29)13-17)23-4-2-3-11-32(23,34)24(33)14-18-7-9-30-10-8-18/h7-10,12-13,15-16H,2-6,11,14H2,1H3/b26-23-. The lowest BCUT2D eigenvalue weighted by Crippen LogP contribution is -2.50. The average Bonchev–Trinajstić information content (AvgIpc) is 2.97. The zero-order valence-electron chi connectivity index (χ0n) is 19.0. The van der Waals surface area contributed by atoms with Gasteiger partial charge in [-0.25, -0.2) is 4.79 Å². The Hall–Kier alpha value is -2.19. The Morgan fingerprint density at radius 2 is 1.82 bits per heavy atom. The van der Waals surface area contributed by atoms with Gasteiger partial charge in [0.25, 0.3) is 0 Å². The number of aromatic nitrogens is 2. The summed E-state index contributed by atoms with van der Waals surface area (Å²) in [6.45, 7) is 2.34. The highest BCUT2D eigenvalue weighted by Gasteiger charge is 2.39. The van der Waals surface area contributed by atoms with Crippen LogP contribution < -0.4 is 0 Å². The van der Waals surface area contributed by atoms with Crippen molar-refractivity contribution in [1.29, 1.82) is 0 Å². The minimum absolute atomic E-state index is 0.0886. The van der Waals surface area contributed by atoms with Gasteiger partial charge in [0.05, 0.1) is 24.2 Å². The summed E-state index contributed by atoms with van der Waals surface area (Å²) in [5.41, 5.74) is 7.54. The molecule has 5 nitrogen and oxygen atoms in total. The Labute approximate surface area is 216 Å². The SMILES string of the molecule is Cc1cc(Br)c2c(c1)CCc1cc(Br)cnc1/C2=C1/CCCC[N+]1([O-])C(=O)Cc1ccncc1. The summed E-state index contributed by atoms with van der Waals surface area (Å²) in [7, 11) is 0. The van der Waals surface area contributed by atoms with Crippen LogP contribution in [-0.2, 0) is 24.1 Å². The van der Waals surface area contributed by atoms with Crippen molar-refractivity contribution in [3.05, 3.63) is 102 Å². The normalized spacial score (nSPS) is 22.0. The topological polar surface area (TPSA) is 65.9 Å². The van der Waals surface area contributed by atoms with Gasteiger partial charge >= 0.3 is 5.91 Å². The maximum atomic E-state index is 14.5. The quantitative estimate of drug-likeness (QED) is 0.258. The zero-order chi connectivity index (χ0) is 23.9. The molecule has 0 spiro atoms. The number of benzene rings is 1. The van der Waals surface area contributed by atoms with Gasteiger partial charge < -0.3 is 5.21 Å². The Morgan fingerprint density at radius 3 is 2.62 bits per heavy atom. The third kappa shape index (κ3) is 4.31. The summed E-state index contributed by atoms with van der Waals surface area (Å²) in [5, 5.41) is 14.5. The van der Waals surface area contributed by atoms with Crippen molar-refractivity contribution in [3.8, 4) is 0 Å². The number of allylic oxidation sites excluding steroid dienone is 1. The Kier molecular flexibility index (Phi) is 6.55. The maximum absolute atomic E-state index is 14.5.